The van der Waals surface area contributed by atoms with Crippen LogP contribution >= 0.6 is 0 Å². The van der Waals surface area contributed by atoms with Gasteiger partial charge >= 0.3 is 0 Å². The highest BCUT2D eigenvalue weighted by Crippen LogP contribution is 2.36. The summed E-state index contributed by atoms with van der Waals surface area (Å²) >= 11 is 0. The Morgan fingerprint density at radius 3 is 2.69 bits per heavy atom. The van der Waals surface area contributed by atoms with Gasteiger partial charge < -0.3 is 15.8 Å². The van der Waals surface area contributed by atoms with Gasteiger partial charge in [-0.05, 0) is 32.7 Å². The van der Waals surface area contributed by atoms with E-state index in [-0.39, 0.29) is 17.0 Å². The maximum atomic E-state index is 11.2. The van der Waals surface area contributed by atoms with Gasteiger partial charge in [0.2, 0.25) is 5.91 Å². The normalized spacial score (nSPS) is 34.9. The highest BCUT2D eigenvalue weighted by Gasteiger charge is 2.42. The van der Waals surface area contributed by atoms with Crippen molar-refractivity contribution in [1.29, 1.82) is 0 Å². The number of carbonyl (C=O) groups is 1. The lowest BCUT2D eigenvalue weighted by atomic mass is 9.77. The molecule has 0 radical (unpaired) electrons. The number of carbonyl (C=O) groups excluding carboxylic acids is 1. The highest BCUT2D eigenvalue weighted by molar-refractivity contribution is 5.75. The van der Waals surface area contributed by atoms with Gasteiger partial charge in [0.05, 0.1) is 5.60 Å². The van der Waals surface area contributed by atoms with Crippen LogP contribution in [0.15, 0.2) is 0 Å². The first kappa shape index (κ1) is 13.5. The number of primary amides is 1. The van der Waals surface area contributed by atoms with E-state index in [0.29, 0.717) is 13.0 Å². The Morgan fingerprint density at radius 1 is 1.50 bits per heavy atom. The molecule has 0 aromatic rings. The molecule has 1 aliphatic rings. The molecule has 2 unspecified atom stereocenters. The molecule has 1 amide bonds. The summed E-state index contributed by atoms with van der Waals surface area (Å²) in [4.78, 5) is 11.2. The van der Waals surface area contributed by atoms with Gasteiger partial charge in [0.15, 0.2) is 0 Å². The van der Waals surface area contributed by atoms with Crippen LogP contribution in [0.2, 0.25) is 0 Å². The van der Waals surface area contributed by atoms with Crippen molar-refractivity contribution >= 4 is 5.91 Å². The molecule has 4 nitrogen and oxygen atoms in total. The van der Waals surface area contributed by atoms with Crippen molar-refractivity contribution in [2.75, 3.05) is 13.2 Å². The summed E-state index contributed by atoms with van der Waals surface area (Å²) in [6.07, 6.45) is 3.07. The van der Waals surface area contributed by atoms with E-state index in [1.54, 1.807) is 0 Å². The van der Waals surface area contributed by atoms with Crippen LogP contribution in [0.4, 0.5) is 0 Å². The Bertz CT molecular complexity index is 253. The minimum absolute atomic E-state index is 0.129. The summed E-state index contributed by atoms with van der Waals surface area (Å²) in [5.41, 5.74) is 5.06. The van der Waals surface area contributed by atoms with Crippen molar-refractivity contribution in [3.05, 3.63) is 0 Å². The predicted octanol–water partition coefficient (Wildman–Crippen LogP) is 1.19. The molecule has 2 atom stereocenters. The first-order chi connectivity index (χ1) is 7.45. The average molecular weight is 228 g/mol. The third-order valence-electron chi connectivity index (χ3n) is 3.56. The maximum Gasteiger partial charge on any atom is 0.219 e. The third kappa shape index (κ3) is 3.19. The molecule has 0 aromatic heterocycles. The molecule has 1 heterocycles. The summed E-state index contributed by atoms with van der Waals surface area (Å²) in [7, 11) is 0. The Kier molecular flexibility index (Phi) is 4.33. The lowest BCUT2D eigenvalue weighted by Gasteiger charge is -2.46. The van der Waals surface area contributed by atoms with Crippen molar-refractivity contribution in [2.45, 2.75) is 57.6 Å². The van der Waals surface area contributed by atoms with Gasteiger partial charge in [-0.3, -0.25) is 4.79 Å². The molecule has 0 spiro atoms. The first-order valence-electron chi connectivity index (χ1n) is 6.12. The lowest BCUT2D eigenvalue weighted by molar-refractivity contribution is -0.126. The summed E-state index contributed by atoms with van der Waals surface area (Å²) < 4.78 is 5.81. The SMILES string of the molecule is CCNC1(CC(N)=O)CCOC(C)(CC)C1. The number of ether oxygens (including phenoxy) is 1. The second-order valence-corrected chi connectivity index (χ2v) is 5.03. The molecule has 16 heavy (non-hydrogen) atoms. The zero-order valence-electron chi connectivity index (χ0n) is 10.6. The fourth-order valence-electron chi connectivity index (χ4n) is 2.65. The Morgan fingerprint density at radius 2 is 2.19 bits per heavy atom. The zero-order valence-corrected chi connectivity index (χ0v) is 10.6. The predicted molar refractivity (Wildman–Crippen MR) is 64.1 cm³/mol. The van der Waals surface area contributed by atoms with Crippen molar-refractivity contribution in [1.82, 2.24) is 5.32 Å². The van der Waals surface area contributed by atoms with Crippen LogP contribution in [0.1, 0.15) is 46.5 Å². The van der Waals surface area contributed by atoms with Crippen LogP contribution in [0, 0.1) is 0 Å². The van der Waals surface area contributed by atoms with Gasteiger partial charge in [0, 0.05) is 18.6 Å². The van der Waals surface area contributed by atoms with Crippen molar-refractivity contribution in [3.8, 4) is 0 Å². The number of hydrogen-bond acceptors (Lipinski definition) is 3. The smallest absolute Gasteiger partial charge is 0.219 e. The van der Waals surface area contributed by atoms with Gasteiger partial charge in [0.1, 0.15) is 0 Å². The standard InChI is InChI=1S/C12H24N2O2/c1-4-11(3)9-12(14-5-2,6-7-16-11)8-10(13)15/h14H,4-9H2,1-3H3,(H2,13,15). The van der Waals surface area contributed by atoms with E-state index in [1.165, 1.54) is 0 Å². The van der Waals surface area contributed by atoms with E-state index >= 15 is 0 Å². The van der Waals surface area contributed by atoms with E-state index in [0.717, 1.165) is 25.8 Å². The van der Waals surface area contributed by atoms with E-state index in [2.05, 4.69) is 26.1 Å². The van der Waals surface area contributed by atoms with Gasteiger partial charge in [-0.2, -0.15) is 0 Å². The van der Waals surface area contributed by atoms with Gasteiger partial charge in [-0.25, -0.2) is 0 Å². The van der Waals surface area contributed by atoms with E-state index in [1.807, 2.05) is 0 Å². The second kappa shape index (κ2) is 5.15. The average Bonchev–Trinajstić information content (AvgIpc) is 2.16. The van der Waals surface area contributed by atoms with Gasteiger partial charge in [-0.15, -0.1) is 0 Å². The molecule has 1 fully saturated rings. The Labute approximate surface area is 97.9 Å². The summed E-state index contributed by atoms with van der Waals surface area (Å²) in [5.74, 6) is -0.235. The van der Waals surface area contributed by atoms with E-state index in [4.69, 9.17) is 10.5 Å². The summed E-state index contributed by atoms with van der Waals surface area (Å²) in [6.45, 7) is 7.84. The second-order valence-electron chi connectivity index (χ2n) is 5.03. The molecule has 0 saturated carbocycles. The molecule has 1 rings (SSSR count). The molecular weight excluding hydrogens is 204 g/mol. The molecule has 0 aromatic carbocycles. The molecule has 1 saturated heterocycles. The molecule has 0 bridgehead atoms. The van der Waals surface area contributed by atoms with Crippen LogP contribution in [0.25, 0.3) is 0 Å². The van der Waals surface area contributed by atoms with Crippen molar-refractivity contribution < 1.29 is 9.53 Å². The van der Waals surface area contributed by atoms with Crippen LogP contribution in [-0.4, -0.2) is 30.2 Å². The molecular formula is C12H24N2O2. The lowest BCUT2D eigenvalue weighted by Crippen LogP contribution is -2.57. The Hall–Kier alpha value is -0.610. The fraction of sp³-hybridized carbons (Fsp3) is 0.917. The minimum atomic E-state index is -0.235. The van der Waals surface area contributed by atoms with Gasteiger partial charge in [0.25, 0.3) is 0 Å². The van der Waals surface area contributed by atoms with E-state index in [9.17, 15) is 4.79 Å². The quantitative estimate of drug-likeness (QED) is 0.743. The zero-order chi connectivity index (χ0) is 12.2. The van der Waals surface area contributed by atoms with Crippen LogP contribution in [0.5, 0.6) is 0 Å². The maximum absolute atomic E-state index is 11.2. The van der Waals surface area contributed by atoms with Gasteiger partial charge in [-0.1, -0.05) is 13.8 Å². The topological polar surface area (TPSA) is 64.3 Å². The Balaban J connectivity index is 2.79. The number of rotatable bonds is 5. The van der Waals surface area contributed by atoms with Crippen molar-refractivity contribution in [3.63, 3.8) is 0 Å². The van der Waals surface area contributed by atoms with Crippen molar-refractivity contribution in [2.24, 2.45) is 5.73 Å². The largest absolute Gasteiger partial charge is 0.375 e. The molecule has 0 aliphatic carbocycles. The number of amides is 1. The van der Waals surface area contributed by atoms with Crippen LogP contribution in [-0.2, 0) is 9.53 Å². The first-order valence-corrected chi connectivity index (χ1v) is 6.12. The highest BCUT2D eigenvalue weighted by atomic mass is 16.5. The summed E-state index contributed by atoms with van der Waals surface area (Å²) in [5, 5.41) is 3.44. The minimum Gasteiger partial charge on any atom is -0.375 e. The van der Waals surface area contributed by atoms with Crippen LogP contribution in [0.3, 0.4) is 0 Å². The fourth-order valence-corrected chi connectivity index (χ4v) is 2.65. The van der Waals surface area contributed by atoms with Crippen LogP contribution < -0.4 is 11.1 Å². The molecule has 3 N–H and O–H groups in total. The molecule has 4 heteroatoms. The number of nitrogens with one attached hydrogen (secondary N) is 1. The van der Waals surface area contributed by atoms with E-state index < -0.39 is 0 Å². The monoisotopic (exact) mass is 228 g/mol. The third-order valence-corrected chi connectivity index (χ3v) is 3.56. The number of hydrogen-bond donors (Lipinski definition) is 2. The molecule has 1 aliphatic heterocycles. The summed E-state index contributed by atoms with van der Waals surface area (Å²) in [6, 6.07) is 0. The molecule has 94 valence electrons. The number of nitrogens with two attached hydrogens (primary N) is 1.